The average Bonchev–Trinajstić information content (AvgIpc) is 3.24. The fourth-order valence-electron chi connectivity index (χ4n) is 3.28. The van der Waals surface area contributed by atoms with Gasteiger partial charge in [-0.1, -0.05) is 30.0 Å². The number of halogens is 1. The van der Waals surface area contributed by atoms with Crippen molar-refractivity contribution in [2.75, 3.05) is 0 Å². The van der Waals surface area contributed by atoms with Crippen LogP contribution in [0.3, 0.4) is 0 Å². The molecule has 0 saturated carbocycles. The average molecular weight is 462 g/mol. The molecule has 6 nitrogen and oxygen atoms in total. The van der Waals surface area contributed by atoms with Gasteiger partial charge in [-0.25, -0.2) is 4.39 Å². The molecule has 1 atom stereocenters. The second-order valence-corrected chi connectivity index (χ2v) is 9.06. The molecule has 8 heteroatoms. The van der Waals surface area contributed by atoms with Crippen LogP contribution < -0.4 is 5.32 Å². The molecule has 0 fully saturated rings. The van der Waals surface area contributed by atoms with Crippen molar-refractivity contribution in [1.29, 1.82) is 0 Å². The number of amides is 1. The summed E-state index contributed by atoms with van der Waals surface area (Å²) in [7, 11) is 0. The molecule has 2 aromatic heterocycles. The van der Waals surface area contributed by atoms with Crippen LogP contribution in [-0.2, 0) is 11.3 Å². The lowest BCUT2D eigenvalue weighted by molar-refractivity contribution is -0.120. The Labute approximate surface area is 196 Å². The number of aryl methyl sites for hydroxylation is 2. The maximum Gasteiger partial charge on any atom is 0.233 e. The highest BCUT2D eigenvalue weighted by molar-refractivity contribution is 8.00. The van der Waals surface area contributed by atoms with E-state index in [1.807, 2.05) is 29.7 Å². The van der Waals surface area contributed by atoms with Gasteiger partial charge in [-0.3, -0.25) is 14.3 Å². The molecule has 0 bridgehead atoms. The first-order valence-corrected chi connectivity index (χ1v) is 11.4. The van der Waals surface area contributed by atoms with E-state index in [1.54, 1.807) is 24.5 Å². The summed E-state index contributed by atoms with van der Waals surface area (Å²) >= 11 is 1.34. The topological polar surface area (TPSA) is 72.7 Å². The third-order valence-electron chi connectivity index (χ3n) is 5.35. The van der Waals surface area contributed by atoms with E-state index in [2.05, 4.69) is 46.5 Å². The Morgan fingerprint density at radius 3 is 2.45 bits per heavy atom. The van der Waals surface area contributed by atoms with E-state index in [0.717, 1.165) is 22.4 Å². The molecule has 2 aromatic carbocycles. The number of thioether (sulfide) groups is 1. The van der Waals surface area contributed by atoms with Gasteiger partial charge in [0, 0.05) is 24.5 Å². The standard InChI is InChI=1S/C25H24FN5OS/c1-16-4-9-22(14-17(16)2)31-23(20-10-12-27-13-11-20)29-30-25(31)33-18(3)24(32)28-15-19-5-7-21(26)8-6-19/h4-14,18H,15H2,1-3H3,(H,28,32). The summed E-state index contributed by atoms with van der Waals surface area (Å²) < 4.78 is 15.1. The zero-order valence-electron chi connectivity index (χ0n) is 18.6. The summed E-state index contributed by atoms with van der Waals surface area (Å²) in [4.78, 5) is 16.8. The van der Waals surface area contributed by atoms with Gasteiger partial charge in [0.15, 0.2) is 11.0 Å². The van der Waals surface area contributed by atoms with Crippen molar-refractivity contribution < 1.29 is 9.18 Å². The maximum atomic E-state index is 13.1. The number of benzene rings is 2. The molecule has 33 heavy (non-hydrogen) atoms. The number of carbonyl (C=O) groups excluding carboxylic acids is 1. The second-order valence-electron chi connectivity index (χ2n) is 7.75. The summed E-state index contributed by atoms with van der Waals surface area (Å²) in [6.07, 6.45) is 3.43. The molecule has 0 aliphatic heterocycles. The summed E-state index contributed by atoms with van der Waals surface area (Å²) in [5.41, 5.74) is 5.00. The van der Waals surface area contributed by atoms with Gasteiger partial charge in [-0.05, 0) is 73.9 Å². The Morgan fingerprint density at radius 2 is 1.76 bits per heavy atom. The van der Waals surface area contributed by atoms with Gasteiger partial charge in [0.25, 0.3) is 0 Å². The third-order valence-corrected chi connectivity index (χ3v) is 6.39. The number of nitrogens with zero attached hydrogens (tertiary/aromatic N) is 4. The minimum atomic E-state index is -0.412. The monoisotopic (exact) mass is 461 g/mol. The molecule has 168 valence electrons. The highest BCUT2D eigenvalue weighted by atomic mass is 32.2. The SMILES string of the molecule is Cc1ccc(-n2c(SC(C)C(=O)NCc3ccc(F)cc3)nnc2-c2ccncc2)cc1C. The molecule has 0 saturated heterocycles. The number of rotatable bonds is 7. The normalized spacial score (nSPS) is 11.9. The van der Waals surface area contributed by atoms with Crippen molar-refractivity contribution in [2.24, 2.45) is 0 Å². The number of pyridine rings is 1. The molecule has 0 spiro atoms. The third kappa shape index (κ3) is 5.28. The van der Waals surface area contributed by atoms with E-state index >= 15 is 0 Å². The summed E-state index contributed by atoms with van der Waals surface area (Å²) in [5.74, 6) is 0.246. The Kier molecular flexibility index (Phi) is 6.84. The van der Waals surface area contributed by atoms with Crippen LogP contribution in [0.2, 0.25) is 0 Å². The van der Waals surface area contributed by atoms with Crippen molar-refractivity contribution in [3.8, 4) is 17.1 Å². The lowest BCUT2D eigenvalue weighted by atomic mass is 10.1. The smallest absolute Gasteiger partial charge is 0.233 e. The van der Waals surface area contributed by atoms with Gasteiger partial charge in [0.1, 0.15) is 5.82 Å². The molecular formula is C25H24FN5OS. The van der Waals surface area contributed by atoms with Crippen molar-refractivity contribution in [3.05, 3.63) is 89.5 Å². The number of hydrogen-bond acceptors (Lipinski definition) is 5. The zero-order valence-corrected chi connectivity index (χ0v) is 19.4. The highest BCUT2D eigenvalue weighted by Gasteiger charge is 2.22. The van der Waals surface area contributed by atoms with E-state index in [4.69, 9.17) is 0 Å². The van der Waals surface area contributed by atoms with E-state index in [-0.39, 0.29) is 11.7 Å². The maximum absolute atomic E-state index is 13.1. The molecule has 0 aliphatic carbocycles. The molecule has 4 rings (SSSR count). The van der Waals surface area contributed by atoms with Crippen molar-refractivity contribution >= 4 is 17.7 Å². The van der Waals surface area contributed by atoms with Crippen LogP contribution in [0.1, 0.15) is 23.6 Å². The van der Waals surface area contributed by atoms with Crippen LogP contribution in [0.5, 0.6) is 0 Å². The number of nitrogens with one attached hydrogen (secondary N) is 1. The van der Waals surface area contributed by atoms with E-state index in [1.165, 1.54) is 29.5 Å². The molecule has 0 aliphatic rings. The number of hydrogen-bond donors (Lipinski definition) is 1. The minimum absolute atomic E-state index is 0.135. The van der Waals surface area contributed by atoms with Crippen LogP contribution >= 0.6 is 11.8 Å². The van der Waals surface area contributed by atoms with Crippen molar-refractivity contribution in [2.45, 2.75) is 37.7 Å². The largest absolute Gasteiger partial charge is 0.351 e. The van der Waals surface area contributed by atoms with Gasteiger partial charge in [0.05, 0.1) is 10.9 Å². The predicted octanol–water partition coefficient (Wildman–Crippen LogP) is 4.88. The quantitative estimate of drug-likeness (QED) is 0.397. The van der Waals surface area contributed by atoms with E-state index < -0.39 is 5.25 Å². The number of carbonyl (C=O) groups is 1. The van der Waals surface area contributed by atoms with E-state index in [0.29, 0.717) is 17.5 Å². The van der Waals surface area contributed by atoms with Crippen LogP contribution in [0.4, 0.5) is 4.39 Å². The first-order chi connectivity index (χ1) is 15.9. The molecular weight excluding hydrogens is 437 g/mol. The van der Waals surface area contributed by atoms with Crippen LogP contribution in [-0.4, -0.2) is 30.9 Å². The minimum Gasteiger partial charge on any atom is -0.351 e. The zero-order chi connectivity index (χ0) is 23.4. The molecule has 0 radical (unpaired) electrons. The van der Waals surface area contributed by atoms with Gasteiger partial charge in [0.2, 0.25) is 5.91 Å². The Morgan fingerprint density at radius 1 is 1.03 bits per heavy atom. The Balaban J connectivity index is 1.59. The highest BCUT2D eigenvalue weighted by Crippen LogP contribution is 2.30. The van der Waals surface area contributed by atoms with Crippen molar-refractivity contribution in [3.63, 3.8) is 0 Å². The van der Waals surface area contributed by atoms with Crippen molar-refractivity contribution in [1.82, 2.24) is 25.1 Å². The van der Waals surface area contributed by atoms with Gasteiger partial charge in [-0.15, -0.1) is 10.2 Å². The van der Waals surface area contributed by atoms with Crippen LogP contribution in [0.25, 0.3) is 17.1 Å². The van der Waals surface area contributed by atoms with Gasteiger partial charge >= 0.3 is 0 Å². The molecule has 2 heterocycles. The van der Waals surface area contributed by atoms with Gasteiger partial charge < -0.3 is 5.32 Å². The molecule has 1 amide bonds. The predicted molar refractivity (Wildman–Crippen MR) is 128 cm³/mol. The molecule has 1 N–H and O–H groups in total. The summed E-state index contributed by atoms with van der Waals surface area (Å²) in [5, 5.41) is 11.9. The summed E-state index contributed by atoms with van der Waals surface area (Å²) in [6, 6.07) is 16.0. The fourth-order valence-corrected chi connectivity index (χ4v) is 4.17. The van der Waals surface area contributed by atoms with Crippen LogP contribution in [0, 0.1) is 19.7 Å². The Hall–Kier alpha value is -3.52. The molecule has 1 unspecified atom stereocenters. The van der Waals surface area contributed by atoms with Crippen LogP contribution in [0.15, 0.2) is 72.1 Å². The summed E-state index contributed by atoms with van der Waals surface area (Å²) in [6.45, 7) is 6.29. The fraction of sp³-hybridized carbons (Fsp3) is 0.200. The second kappa shape index (κ2) is 9.95. The first-order valence-electron chi connectivity index (χ1n) is 10.5. The molecule has 4 aromatic rings. The van der Waals surface area contributed by atoms with E-state index in [9.17, 15) is 9.18 Å². The Bertz CT molecular complexity index is 1260. The first kappa shape index (κ1) is 22.7. The lowest BCUT2D eigenvalue weighted by Crippen LogP contribution is -2.30. The lowest BCUT2D eigenvalue weighted by Gasteiger charge is -2.15. The van der Waals surface area contributed by atoms with Gasteiger partial charge in [-0.2, -0.15) is 0 Å². The number of aromatic nitrogens is 4.